The van der Waals surface area contributed by atoms with Crippen LogP contribution in [0, 0.1) is 5.92 Å². The van der Waals surface area contributed by atoms with E-state index in [4.69, 9.17) is 9.72 Å². The number of fused-ring (bicyclic) bond motifs is 1. The summed E-state index contributed by atoms with van der Waals surface area (Å²) in [6.45, 7) is 3.29. The van der Waals surface area contributed by atoms with E-state index in [0.717, 1.165) is 22.2 Å². The van der Waals surface area contributed by atoms with Crippen molar-refractivity contribution in [3.05, 3.63) is 60.4 Å². The number of benzene rings is 1. The summed E-state index contributed by atoms with van der Waals surface area (Å²) in [6, 6.07) is 13.3. The Bertz CT molecular complexity index is 1030. The predicted octanol–water partition coefficient (Wildman–Crippen LogP) is 3.71. The van der Waals surface area contributed by atoms with Crippen molar-refractivity contribution in [3.8, 4) is 11.3 Å². The molecule has 1 aliphatic rings. The van der Waals surface area contributed by atoms with Crippen molar-refractivity contribution in [1.29, 1.82) is 0 Å². The molecule has 3 heterocycles. The lowest BCUT2D eigenvalue weighted by Gasteiger charge is -2.31. The molecule has 1 aromatic carbocycles. The molecule has 6 heteroatoms. The Labute approximate surface area is 169 Å². The average Bonchev–Trinajstić information content (AvgIpc) is 2.78. The van der Waals surface area contributed by atoms with Crippen LogP contribution >= 0.6 is 0 Å². The van der Waals surface area contributed by atoms with Gasteiger partial charge >= 0.3 is 5.97 Å². The molecule has 0 saturated carbocycles. The molecule has 3 aromatic rings. The number of carbonyl (C=O) groups is 2. The Hall–Kier alpha value is -3.28. The van der Waals surface area contributed by atoms with Crippen molar-refractivity contribution in [3.63, 3.8) is 0 Å². The summed E-state index contributed by atoms with van der Waals surface area (Å²) in [7, 11) is 0. The molecule has 1 aliphatic heterocycles. The molecule has 2 aromatic heterocycles. The first-order chi connectivity index (χ1) is 14.2. The zero-order valence-corrected chi connectivity index (χ0v) is 16.4. The Morgan fingerprint density at radius 3 is 2.55 bits per heavy atom. The monoisotopic (exact) mass is 389 g/mol. The van der Waals surface area contributed by atoms with Gasteiger partial charge in [-0.3, -0.25) is 14.6 Å². The van der Waals surface area contributed by atoms with Gasteiger partial charge in [0.15, 0.2) is 0 Å². The van der Waals surface area contributed by atoms with Gasteiger partial charge in [-0.05, 0) is 44.0 Å². The van der Waals surface area contributed by atoms with Crippen LogP contribution in [0.2, 0.25) is 0 Å². The number of hydrogen-bond acceptors (Lipinski definition) is 5. The highest BCUT2D eigenvalue weighted by atomic mass is 16.5. The smallest absolute Gasteiger partial charge is 0.309 e. The van der Waals surface area contributed by atoms with E-state index in [9.17, 15) is 9.59 Å². The number of ether oxygens (including phenoxy) is 1. The molecule has 1 saturated heterocycles. The van der Waals surface area contributed by atoms with Crippen molar-refractivity contribution in [2.45, 2.75) is 19.8 Å². The van der Waals surface area contributed by atoms with Crippen LogP contribution in [0.4, 0.5) is 0 Å². The van der Waals surface area contributed by atoms with Crippen LogP contribution in [0.15, 0.2) is 54.9 Å². The van der Waals surface area contributed by atoms with Crippen LogP contribution in [0.3, 0.4) is 0 Å². The number of hydrogen-bond donors (Lipinski definition) is 0. The molecule has 0 aliphatic carbocycles. The van der Waals surface area contributed by atoms with Crippen molar-refractivity contribution < 1.29 is 14.3 Å². The van der Waals surface area contributed by atoms with Crippen LogP contribution in [-0.4, -0.2) is 46.4 Å². The maximum Gasteiger partial charge on any atom is 0.309 e. The molecule has 0 radical (unpaired) electrons. The topological polar surface area (TPSA) is 72.4 Å². The predicted molar refractivity (Wildman–Crippen MR) is 110 cm³/mol. The zero-order chi connectivity index (χ0) is 20.2. The third-order valence-electron chi connectivity index (χ3n) is 5.32. The summed E-state index contributed by atoms with van der Waals surface area (Å²) in [5.74, 6) is -0.310. The minimum Gasteiger partial charge on any atom is -0.466 e. The molecule has 0 atom stereocenters. The van der Waals surface area contributed by atoms with Crippen molar-refractivity contribution in [2.24, 2.45) is 5.92 Å². The molecular weight excluding hydrogens is 366 g/mol. The van der Waals surface area contributed by atoms with E-state index in [0.29, 0.717) is 38.1 Å². The van der Waals surface area contributed by atoms with E-state index in [2.05, 4.69) is 4.98 Å². The van der Waals surface area contributed by atoms with Crippen LogP contribution in [0.1, 0.15) is 30.1 Å². The lowest BCUT2D eigenvalue weighted by atomic mass is 9.96. The number of likely N-dealkylation sites (tertiary alicyclic amines) is 1. The number of pyridine rings is 2. The lowest BCUT2D eigenvalue weighted by Crippen LogP contribution is -2.40. The summed E-state index contributed by atoms with van der Waals surface area (Å²) >= 11 is 0. The summed E-state index contributed by atoms with van der Waals surface area (Å²) in [5.41, 5.74) is 3.08. The molecule has 29 heavy (non-hydrogen) atoms. The third-order valence-corrected chi connectivity index (χ3v) is 5.32. The first-order valence-corrected chi connectivity index (χ1v) is 9.93. The van der Waals surface area contributed by atoms with Gasteiger partial charge in [0, 0.05) is 36.4 Å². The number of rotatable bonds is 4. The maximum absolute atomic E-state index is 13.4. The Morgan fingerprint density at radius 2 is 1.83 bits per heavy atom. The molecule has 148 valence electrons. The molecule has 1 fully saturated rings. The molecule has 4 rings (SSSR count). The maximum atomic E-state index is 13.4. The second-order valence-corrected chi connectivity index (χ2v) is 7.13. The average molecular weight is 389 g/mol. The summed E-state index contributed by atoms with van der Waals surface area (Å²) in [5, 5.41) is 0.836. The standard InChI is InChI=1S/C23H23N3O3/c1-2-29-23(28)17-9-13-26(14-10-17)22(27)19-15-21(16-7-11-24-12-8-16)25-20-6-4-3-5-18(19)20/h3-8,11-12,15,17H,2,9-10,13-14H2,1H3. The van der Waals surface area contributed by atoms with E-state index >= 15 is 0 Å². The Kier molecular flexibility index (Phi) is 5.51. The van der Waals surface area contributed by atoms with E-state index in [1.54, 1.807) is 12.4 Å². The molecule has 6 nitrogen and oxygen atoms in total. The van der Waals surface area contributed by atoms with Gasteiger partial charge in [-0.1, -0.05) is 18.2 Å². The highest BCUT2D eigenvalue weighted by molar-refractivity contribution is 6.07. The fourth-order valence-electron chi connectivity index (χ4n) is 3.77. The van der Waals surface area contributed by atoms with Crippen LogP contribution in [-0.2, 0) is 9.53 Å². The molecule has 1 amide bonds. The summed E-state index contributed by atoms with van der Waals surface area (Å²) in [4.78, 5) is 36.0. The first kappa shape index (κ1) is 19.1. The zero-order valence-electron chi connectivity index (χ0n) is 16.4. The van der Waals surface area contributed by atoms with Gasteiger partial charge in [0.2, 0.25) is 0 Å². The van der Waals surface area contributed by atoms with Crippen molar-refractivity contribution >= 4 is 22.8 Å². The Morgan fingerprint density at radius 1 is 1.10 bits per heavy atom. The van der Waals surface area contributed by atoms with Gasteiger partial charge in [-0.25, -0.2) is 4.98 Å². The minimum absolute atomic E-state index is 0.0267. The second kappa shape index (κ2) is 8.39. The van der Waals surface area contributed by atoms with Crippen LogP contribution in [0.25, 0.3) is 22.2 Å². The number of para-hydroxylation sites is 1. The number of aromatic nitrogens is 2. The van der Waals surface area contributed by atoms with E-state index in [-0.39, 0.29) is 17.8 Å². The highest BCUT2D eigenvalue weighted by Crippen LogP contribution is 2.27. The van der Waals surface area contributed by atoms with Crippen LogP contribution in [0.5, 0.6) is 0 Å². The Balaban J connectivity index is 1.63. The summed E-state index contributed by atoms with van der Waals surface area (Å²) in [6.07, 6.45) is 4.69. The molecule has 0 N–H and O–H groups in total. The third kappa shape index (κ3) is 3.97. The number of amides is 1. The largest absolute Gasteiger partial charge is 0.466 e. The van der Waals surface area contributed by atoms with Gasteiger partial charge in [0.05, 0.1) is 29.3 Å². The number of piperidine rings is 1. The normalized spacial score (nSPS) is 14.7. The SMILES string of the molecule is CCOC(=O)C1CCN(C(=O)c2cc(-c3ccncc3)nc3ccccc23)CC1. The number of nitrogens with zero attached hydrogens (tertiary/aromatic N) is 3. The summed E-state index contributed by atoms with van der Waals surface area (Å²) < 4.78 is 5.13. The van der Waals surface area contributed by atoms with E-state index < -0.39 is 0 Å². The quantitative estimate of drug-likeness (QED) is 0.636. The minimum atomic E-state index is -0.158. The van der Waals surface area contributed by atoms with Gasteiger partial charge in [-0.15, -0.1) is 0 Å². The molecule has 0 bridgehead atoms. The second-order valence-electron chi connectivity index (χ2n) is 7.13. The van der Waals surface area contributed by atoms with Gasteiger partial charge < -0.3 is 9.64 Å². The van der Waals surface area contributed by atoms with E-state index in [1.165, 1.54) is 0 Å². The number of esters is 1. The van der Waals surface area contributed by atoms with Crippen molar-refractivity contribution in [1.82, 2.24) is 14.9 Å². The fourth-order valence-corrected chi connectivity index (χ4v) is 3.77. The van der Waals surface area contributed by atoms with Gasteiger partial charge in [0.1, 0.15) is 0 Å². The highest BCUT2D eigenvalue weighted by Gasteiger charge is 2.29. The van der Waals surface area contributed by atoms with E-state index in [1.807, 2.05) is 54.3 Å². The molecule has 0 unspecified atom stereocenters. The fraction of sp³-hybridized carbons (Fsp3) is 0.304. The van der Waals surface area contributed by atoms with Crippen molar-refractivity contribution in [2.75, 3.05) is 19.7 Å². The lowest BCUT2D eigenvalue weighted by molar-refractivity contribution is -0.149. The van der Waals surface area contributed by atoms with Crippen LogP contribution < -0.4 is 0 Å². The van der Waals surface area contributed by atoms with Gasteiger partial charge in [0.25, 0.3) is 5.91 Å². The first-order valence-electron chi connectivity index (χ1n) is 9.93. The number of carbonyl (C=O) groups excluding carboxylic acids is 2. The molecular formula is C23H23N3O3. The molecule has 0 spiro atoms. The van der Waals surface area contributed by atoms with Gasteiger partial charge in [-0.2, -0.15) is 0 Å².